The molecule has 0 saturated carbocycles. The third kappa shape index (κ3) is 2.65. The molecule has 0 heterocycles. The summed E-state index contributed by atoms with van der Waals surface area (Å²) in [7, 11) is 0. The second-order valence-corrected chi connectivity index (χ2v) is 5.24. The quantitative estimate of drug-likeness (QED) is 0.544. The highest BCUT2D eigenvalue weighted by molar-refractivity contribution is 5.89. The summed E-state index contributed by atoms with van der Waals surface area (Å²) < 4.78 is 4.93. The Morgan fingerprint density at radius 1 is 1.41 bits per heavy atom. The third-order valence-electron chi connectivity index (χ3n) is 3.77. The van der Waals surface area contributed by atoms with Gasteiger partial charge in [0.25, 0.3) is 0 Å². The standard InChI is InChI=1S/C14H20O3/c1-5-7-12(16)17-10-11(15)14(4)9-6-8-13(14,2)3/h5-6,8H,1,7,9-10H2,2-4H3/t14-/m1/s1. The molecule has 0 spiro atoms. The van der Waals surface area contributed by atoms with Gasteiger partial charge in [-0.1, -0.05) is 39.0 Å². The van der Waals surface area contributed by atoms with Gasteiger partial charge >= 0.3 is 5.97 Å². The van der Waals surface area contributed by atoms with E-state index in [0.717, 1.165) is 0 Å². The van der Waals surface area contributed by atoms with Crippen LogP contribution in [0.25, 0.3) is 0 Å². The van der Waals surface area contributed by atoms with E-state index in [4.69, 9.17) is 4.74 Å². The van der Waals surface area contributed by atoms with Crippen LogP contribution in [0.5, 0.6) is 0 Å². The summed E-state index contributed by atoms with van der Waals surface area (Å²) in [6.07, 6.45) is 6.39. The van der Waals surface area contributed by atoms with Crippen LogP contribution in [0.3, 0.4) is 0 Å². The molecule has 94 valence electrons. The summed E-state index contributed by atoms with van der Waals surface area (Å²) in [5.74, 6) is -0.425. The van der Waals surface area contributed by atoms with Crippen LogP contribution in [0.1, 0.15) is 33.6 Å². The van der Waals surface area contributed by atoms with Crippen LogP contribution in [0.4, 0.5) is 0 Å². The molecular weight excluding hydrogens is 216 g/mol. The lowest BCUT2D eigenvalue weighted by Gasteiger charge is -2.36. The minimum atomic E-state index is -0.471. The molecule has 1 atom stereocenters. The summed E-state index contributed by atoms with van der Waals surface area (Å²) >= 11 is 0. The Morgan fingerprint density at radius 2 is 2.06 bits per heavy atom. The van der Waals surface area contributed by atoms with Gasteiger partial charge in [-0.15, -0.1) is 6.58 Å². The second kappa shape index (κ2) is 4.86. The first kappa shape index (κ1) is 13.7. The molecule has 3 heteroatoms. The van der Waals surface area contributed by atoms with E-state index in [1.54, 1.807) is 0 Å². The lowest BCUT2D eigenvalue weighted by Crippen LogP contribution is -2.40. The van der Waals surface area contributed by atoms with E-state index < -0.39 is 11.4 Å². The van der Waals surface area contributed by atoms with Crippen molar-refractivity contribution in [3.63, 3.8) is 0 Å². The van der Waals surface area contributed by atoms with Crippen molar-refractivity contribution < 1.29 is 14.3 Å². The molecule has 17 heavy (non-hydrogen) atoms. The van der Waals surface area contributed by atoms with Crippen LogP contribution < -0.4 is 0 Å². The minimum Gasteiger partial charge on any atom is -0.457 e. The Kier molecular flexibility index (Phi) is 3.91. The third-order valence-corrected chi connectivity index (χ3v) is 3.77. The van der Waals surface area contributed by atoms with Crippen molar-refractivity contribution in [3.05, 3.63) is 24.8 Å². The molecule has 0 bridgehead atoms. The van der Waals surface area contributed by atoms with E-state index in [-0.39, 0.29) is 24.2 Å². The molecule has 0 unspecified atom stereocenters. The molecule has 0 amide bonds. The molecule has 3 nitrogen and oxygen atoms in total. The van der Waals surface area contributed by atoms with Gasteiger partial charge in [0.05, 0.1) is 6.42 Å². The lowest BCUT2D eigenvalue weighted by molar-refractivity contribution is -0.151. The molecule has 1 aliphatic carbocycles. The average Bonchev–Trinajstić information content (AvgIpc) is 2.51. The van der Waals surface area contributed by atoms with Crippen LogP contribution in [0.15, 0.2) is 24.8 Å². The van der Waals surface area contributed by atoms with Gasteiger partial charge in [-0.05, 0) is 11.8 Å². The first-order chi connectivity index (χ1) is 7.83. The molecule has 0 saturated heterocycles. The van der Waals surface area contributed by atoms with Crippen LogP contribution in [0, 0.1) is 10.8 Å². The van der Waals surface area contributed by atoms with Crippen LogP contribution in [-0.2, 0) is 14.3 Å². The number of ether oxygens (including phenoxy) is 1. The van der Waals surface area contributed by atoms with Crippen molar-refractivity contribution in [3.8, 4) is 0 Å². The number of carbonyl (C=O) groups is 2. The largest absolute Gasteiger partial charge is 0.457 e. The van der Waals surface area contributed by atoms with Crippen molar-refractivity contribution in [2.24, 2.45) is 10.8 Å². The van der Waals surface area contributed by atoms with Crippen LogP contribution in [-0.4, -0.2) is 18.4 Å². The van der Waals surface area contributed by atoms with Crippen molar-refractivity contribution in [1.29, 1.82) is 0 Å². The van der Waals surface area contributed by atoms with Crippen LogP contribution in [0.2, 0.25) is 0 Å². The molecule has 1 aliphatic rings. The zero-order valence-corrected chi connectivity index (χ0v) is 10.8. The van der Waals surface area contributed by atoms with Crippen molar-refractivity contribution in [2.45, 2.75) is 33.6 Å². The number of ketones is 1. The predicted molar refractivity (Wildman–Crippen MR) is 66.4 cm³/mol. The molecule has 0 fully saturated rings. The fourth-order valence-corrected chi connectivity index (χ4v) is 1.99. The number of rotatable bonds is 5. The summed E-state index contributed by atoms with van der Waals surface area (Å²) in [5, 5.41) is 0. The number of esters is 1. The van der Waals surface area contributed by atoms with Gasteiger partial charge < -0.3 is 4.74 Å². The summed E-state index contributed by atoms with van der Waals surface area (Å²) in [6, 6.07) is 0. The maximum absolute atomic E-state index is 12.1. The number of allylic oxidation sites excluding steroid dienone is 2. The normalized spacial score (nSPS) is 25.6. The fourth-order valence-electron chi connectivity index (χ4n) is 1.99. The maximum Gasteiger partial charge on any atom is 0.310 e. The predicted octanol–water partition coefficient (Wildman–Crippen LogP) is 2.67. The fraction of sp³-hybridized carbons (Fsp3) is 0.571. The first-order valence-electron chi connectivity index (χ1n) is 5.81. The van der Waals surface area contributed by atoms with Gasteiger partial charge in [-0.25, -0.2) is 0 Å². The number of carbonyl (C=O) groups excluding carboxylic acids is 2. The van der Waals surface area contributed by atoms with Gasteiger partial charge in [0.2, 0.25) is 0 Å². The summed E-state index contributed by atoms with van der Waals surface area (Å²) in [4.78, 5) is 23.3. The average molecular weight is 236 g/mol. The van der Waals surface area contributed by atoms with E-state index >= 15 is 0 Å². The van der Waals surface area contributed by atoms with Gasteiger partial charge in [-0.3, -0.25) is 9.59 Å². The molecular formula is C14H20O3. The molecule has 0 aromatic rings. The topological polar surface area (TPSA) is 43.4 Å². The molecule has 0 aromatic carbocycles. The highest BCUT2D eigenvalue weighted by Crippen LogP contribution is 2.48. The highest BCUT2D eigenvalue weighted by Gasteiger charge is 2.47. The first-order valence-corrected chi connectivity index (χ1v) is 5.81. The van der Waals surface area contributed by atoms with Crippen molar-refractivity contribution >= 4 is 11.8 Å². The summed E-state index contributed by atoms with van der Waals surface area (Å²) in [6.45, 7) is 9.28. The summed E-state index contributed by atoms with van der Waals surface area (Å²) in [5.41, 5.74) is -0.656. The number of hydrogen-bond acceptors (Lipinski definition) is 3. The van der Waals surface area contributed by atoms with E-state index in [9.17, 15) is 9.59 Å². The van der Waals surface area contributed by atoms with E-state index in [2.05, 4.69) is 12.7 Å². The lowest BCUT2D eigenvalue weighted by atomic mass is 9.66. The Morgan fingerprint density at radius 3 is 2.53 bits per heavy atom. The van der Waals surface area contributed by atoms with Gasteiger partial charge in [0.1, 0.15) is 0 Å². The smallest absolute Gasteiger partial charge is 0.310 e. The minimum absolute atomic E-state index is 0.0232. The van der Waals surface area contributed by atoms with Gasteiger partial charge in [0.15, 0.2) is 12.4 Å². The zero-order valence-electron chi connectivity index (χ0n) is 10.8. The Bertz CT molecular complexity index is 366. The molecule has 0 N–H and O–H groups in total. The number of hydrogen-bond donors (Lipinski definition) is 0. The molecule has 0 aliphatic heterocycles. The zero-order chi connectivity index (χ0) is 13.1. The number of Topliss-reactive ketones (excluding diaryl/α,β-unsaturated/α-hetero) is 1. The van der Waals surface area contributed by atoms with Crippen LogP contribution >= 0.6 is 0 Å². The van der Waals surface area contributed by atoms with E-state index in [0.29, 0.717) is 6.42 Å². The maximum atomic E-state index is 12.1. The molecule has 0 aromatic heterocycles. The van der Waals surface area contributed by atoms with E-state index in [1.807, 2.05) is 26.8 Å². The van der Waals surface area contributed by atoms with E-state index in [1.165, 1.54) is 6.08 Å². The van der Waals surface area contributed by atoms with Crippen molar-refractivity contribution in [2.75, 3.05) is 6.61 Å². The SMILES string of the molecule is C=CCC(=O)OCC(=O)[C@@]1(C)CC=CC1(C)C. The molecule has 0 radical (unpaired) electrons. The Balaban J connectivity index is 2.59. The molecule has 1 rings (SSSR count). The Hall–Kier alpha value is -1.38. The Labute approximate surface area is 103 Å². The van der Waals surface area contributed by atoms with Gasteiger partial charge in [0, 0.05) is 5.41 Å². The monoisotopic (exact) mass is 236 g/mol. The van der Waals surface area contributed by atoms with Crippen molar-refractivity contribution in [1.82, 2.24) is 0 Å². The highest BCUT2D eigenvalue weighted by atomic mass is 16.5. The van der Waals surface area contributed by atoms with Gasteiger partial charge in [-0.2, -0.15) is 0 Å². The second-order valence-electron chi connectivity index (χ2n) is 5.24.